The molecule has 8 heteroatoms. The van der Waals surface area contributed by atoms with Gasteiger partial charge in [0, 0.05) is 17.8 Å². The molecule has 0 aromatic heterocycles. The van der Waals surface area contributed by atoms with Crippen molar-refractivity contribution in [2.45, 2.75) is 102 Å². The van der Waals surface area contributed by atoms with Gasteiger partial charge in [-0.05, 0) is 81.5 Å². The number of likely N-dealkylation sites (tertiary alicyclic amines) is 1. The van der Waals surface area contributed by atoms with Gasteiger partial charge in [0.05, 0.1) is 24.5 Å². The Morgan fingerprint density at radius 3 is 2.45 bits per heavy atom. The third kappa shape index (κ3) is 4.62. The minimum Gasteiger partial charge on any atom is -0.494 e. The molecule has 2 aliphatic carbocycles. The van der Waals surface area contributed by atoms with Crippen molar-refractivity contribution in [3.8, 4) is 5.75 Å². The second-order valence-electron chi connectivity index (χ2n) is 12.7. The molecular weight excluding hydrogens is 506 g/mol. The molecule has 5 aliphatic rings. The first-order valence-corrected chi connectivity index (χ1v) is 15.4. The molecule has 6 rings (SSSR count). The lowest BCUT2D eigenvalue weighted by Gasteiger charge is -2.40. The van der Waals surface area contributed by atoms with Crippen LogP contribution < -0.4 is 15.4 Å². The quantitative estimate of drug-likeness (QED) is 0.490. The fourth-order valence-corrected chi connectivity index (χ4v) is 7.94. The van der Waals surface area contributed by atoms with E-state index in [9.17, 15) is 14.4 Å². The van der Waals surface area contributed by atoms with E-state index in [4.69, 9.17) is 9.47 Å². The molecule has 8 nitrogen and oxygen atoms in total. The third-order valence-electron chi connectivity index (χ3n) is 10.1. The highest BCUT2D eigenvalue weighted by atomic mass is 16.5. The van der Waals surface area contributed by atoms with E-state index >= 15 is 0 Å². The van der Waals surface area contributed by atoms with Crippen LogP contribution in [0.4, 0.5) is 5.69 Å². The molecule has 40 heavy (non-hydrogen) atoms. The summed E-state index contributed by atoms with van der Waals surface area (Å²) in [6.45, 7) is 6.94. The largest absolute Gasteiger partial charge is 0.494 e. The summed E-state index contributed by atoms with van der Waals surface area (Å²) in [7, 11) is 0. The zero-order chi connectivity index (χ0) is 28.0. The van der Waals surface area contributed by atoms with Crippen molar-refractivity contribution in [3.63, 3.8) is 0 Å². The van der Waals surface area contributed by atoms with Crippen molar-refractivity contribution in [1.29, 1.82) is 0 Å². The number of hydrogen-bond acceptors (Lipinski definition) is 5. The van der Waals surface area contributed by atoms with E-state index in [0.29, 0.717) is 24.1 Å². The second-order valence-corrected chi connectivity index (χ2v) is 12.7. The average molecular weight is 550 g/mol. The summed E-state index contributed by atoms with van der Waals surface area (Å²) >= 11 is 0. The van der Waals surface area contributed by atoms with Gasteiger partial charge in [-0.15, -0.1) is 0 Å². The molecule has 2 N–H and O–H groups in total. The number of fused-ring (bicyclic) bond motifs is 1. The summed E-state index contributed by atoms with van der Waals surface area (Å²) in [4.78, 5) is 44.1. The number of rotatable bonds is 7. The van der Waals surface area contributed by atoms with Gasteiger partial charge in [-0.3, -0.25) is 14.4 Å². The maximum atomic E-state index is 14.3. The van der Waals surface area contributed by atoms with E-state index in [1.54, 1.807) is 12.1 Å². The highest BCUT2D eigenvalue weighted by molar-refractivity contribution is 6.03. The van der Waals surface area contributed by atoms with Gasteiger partial charge in [-0.1, -0.05) is 38.8 Å². The lowest BCUT2D eigenvalue weighted by Crippen LogP contribution is -2.59. The monoisotopic (exact) mass is 549 g/mol. The van der Waals surface area contributed by atoms with E-state index in [2.05, 4.69) is 24.5 Å². The normalized spacial score (nSPS) is 38.3. The summed E-state index contributed by atoms with van der Waals surface area (Å²) in [5.74, 6) is -0.170. The fourth-order valence-electron chi connectivity index (χ4n) is 7.94. The maximum Gasteiger partial charge on any atom is 0.246 e. The number of amides is 3. The van der Waals surface area contributed by atoms with Gasteiger partial charge in [0.25, 0.3) is 0 Å². The molecule has 7 atom stereocenters. The van der Waals surface area contributed by atoms with Crippen molar-refractivity contribution in [2.24, 2.45) is 23.7 Å². The van der Waals surface area contributed by atoms with Gasteiger partial charge in [-0.2, -0.15) is 0 Å². The number of nitrogens with zero attached hydrogens (tertiary/aromatic N) is 1. The average Bonchev–Trinajstić information content (AvgIpc) is 3.59. The third-order valence-corrected chi connectivity index (χ3v) is 10.1. The summed E-state index contributed by atoms with van der Waals surface area (Å²) in [5.41, 5.74) is -0.480. The molecule has 1 aromatic rings. The molecule has 0 radical (unpaired) electrons. The van der Waals surface area contributed by atoms with Crippen LogP contribution in [-0.2, 0) is 19.1 Å². The lowest BCUT2D eigenvalue weighted by atomic mass is 9.74. The van der Waals surface area contributed by atoms with E-state index < -0.39 is 29.6 Å². The Morgan fingerprint density at radius 2 is 1.75 bits per heavy atom. The molecule has 1 aromatic carbocycles. The minimum absolute atomic E-state index is 0.0194. The van der Waals surface area contributed by atoms with Crippen molar-refractivity contribution in [1.82, 2.24) is 10.2 Å². The zero-order valence-electron chi connectivity index (χ0n) is 23.9. The van der Waals surface area contributed by atoms with Crippen LogP contribution in [0.1, 0.15) is 72.1 Å². The highest BCUT2D eigenvalue weighted by Crippen LogP contribution is 2.56. The van der Waals surface area contributed by atoms with Crippen LogP contribution in [0.5, 0.6) is 5.75 Å². The predicted molar refractivity (Wildman–Crippen MR) is 152 cm³/mol. The van der Waals surface area contributed by atoms with Gasteiger partial charge in [0.15, 0.2) is 0 Å². The number of nitrogens with one attached hydrogen (secondary N) is 2. The Labute approximate surface area is 237 Å². The van der Waals surface area contributed by atoms with Crippen LogP contribution in [0.2, 0.25) is 0 Å². The first-order valence-electron chi connectivity index (χ1n) is 15.4. The van der Waals surface area contributed by atoms with Crippen LogP contribution >= 0.6 is 0 Å². The Morgan fingerprint density at radius 1 is 1.02 bits per heavy atom. The molecule has 216 valence electrons. The number of benzene rings is 1. The topological polar surface area (TPSA) is 97.0 Å². The zero-order valence-corrected chi connectivity index (χ0v) is 23.9. The minimum atomic E-state index is -1.12. The van der Waals surface area contributed by atoms with E-state index in [-0.39, 0.29) is 29.8 Å². The lowest BCUT2D eigenvalue weighted by molar-refractivity contribution is -0.145. The van der Waals surface area contributed by atoms with E-state index in [1.807, 2.05) is 36.1 Å². The van der Waals surface area contributed by atoms with Crippen LogP contribution in [-0.4, -0.2) is 59.1 Å². The van der Waals surface area contributed by atoms with Crippen LogP contribution in [0, 0.1) is 23.7 Å². The smallest absolute Gasteiger partial charge is 0.246 e. The number of ether oxygens (including phenoxy) is 2. The Balaban J connectivity index is 1.28. The molecule has 3 aliphatic heterocycles. The number of carbonyl (C=O) groups is 3. The number of hydrogen-bond donors (Lipinski definition) is 2. The second kappa shape index (κ2) is 10.8. The summed E-state index contributed by atoms with van der Waals surface area (Å²) < 4.78 is 12.1. The van der Waals surface area contributed by atoms with Crippen LogP contribution in [0.15, 0.2) is 36.4 Å². The van der Waals surface area contributed by atoms with E-state index in [0.717, 1.165) is 50.7 Å². The Bertz CT molecular complexity index is 1160. The SMILES string of the molecule is CCOc1ccc(NC(=O)C2C3C=CC4(O3)C2C(=O)N(C2CCC(C)CC2)C4C(=O)NC2CCCCC2C)cc1. The summed E-state index contributed by atoms with van der Waals surface area (Å²) in [6, 6.07) is 6.55. The standard InChI is InChI=1S/C32H43N3O5/c1-4-39-23-15-11-21(12-16-23)33-29(36)26-25-17-18-32(40-25)27(26)31(38)35(22-13-9-19(2)10-14-22)28(32)30(37)34-24-8-6-5-7-20(24)3/h11-12,15-20,22,24-28H,4-10,13-14H2,1-3H3,(H,33,36)(H,34,37). The Kier molecular flexibility index (Phi) is 7.40. The van der Waals surface area contributed by atoms with Crippen molar-refractivity contribution >= 4 is 23.4 Å². The number of carbonyl (C=O) groups excluding carboxylic acids is 3. The van der Waals surface area contributed by atoms with Gasteiger partial charge in [0.2, 0.25) is 17.7 Å². The van der Waals surface area contributed by atoms with Gasteiger partial charge < -0.3 is 25.0 Å². The number of anilines is 1. The fraction of sp³-hybridized carbons (Fsp3) is 0.656. The van der Waals surface area contributed by atoms with Crippen molar-refractivity contribution in [3.05, 3.63) is 36.4 Å². The van der Waals surface area contributed by atoms with Gasteiger partial charge >= 0.3 is 0 Å². The molecule has 3 heterocycles. The first-order chi connectivity index (χ1) is 19.3. The molecule has 2 saturated carbocycles. The van der Waals surface area contributed by atoms with Crippen LogP contribution in [0.25, 0.3) is 0 Å². The summed E-state index contributed by atoms with van der Waals surface area (Å²) in [6.07, 6.45) is 11.4. The summed E-state index contributed by atoms with van der Waals surface area (Å²) in [5, 5.41) is 6.34. The molecule has 3 amide bonds. The molecule has 2 bridgehead atoms. The van der Waals surface area contributed by atoms with Crippen molar-refractivity contribution < 1.29 is 23.9 Å². The maximum absolute atomic E-state index is 14.3. The van der Waals surface area contributed by atoms with Crippen molar-refractivity contribution in [2.75, 3.05) is 11.9 Å². The molecule has 2 saturated heterocycles. The van der Waals surface area contributed by atoms with Crippen LogP contribution in [0.3, 0.4) is 0 Å². The predicted octanol–water partition coefficient (Wildman–Crippen LogP) is 4.45. The Hall–Kier alpha value is -2.87. The van der Waals surface area contributed by atoms with E-state index in [1.165, 1.54) is 6.42 Å². The molecule has 4 fully saturated rings. The highest BCUT2D eigenvalue weighted by Gasteiger charge is 2.73. The molecule has 1 spiro atoms. The van der Waals surface area contributed by atoms with Gasteiger partial charge in [0.1, 0.15) is 17.4 Å². The molecule has 7 unspecified atom stereocenters. The first kappa shape index (κ1) is 27.3. The molecular formula is C32H43N3O5. The van der Waals surface area contributed by atoms with Gasteiger partial charge in [-0.25, -0.2) is 0 Å².